The predicted octanol–water partition coefficient (Wildman–Crippen LogP) is 3.01. The molecule has 0 spiro atoms. The van der Waals surface area contributed by atoms with Crippen LogP contribution in [-0.4, -0.2) is 17.3 Å². The average Bonchev–Trinajstić information content (AvgIpc) is 3.01. The minimum Gasteiger partial charge on any atom is -0.376 e. The van der Waals surface area contributed by atoms with Gasteiger partial charge in [0.05, 0.1) is 4.92 Å². The van der Waals surface area contributed by atoms with E-state index in [4.69, 9.17) is 0 Å². The predicted molar refractivity (Wildman–Crippen MR) is 71.3 cm³/mol. The third-order valence-corrected chi connectivity index (χ3v) is 4.43. The summed E-state index contributed by atoms with van der Waals surface area (Å²) in [7, 11) is 0. The highest BCUT2D eigenvalue weighted by atomic mass is 16.6. The third-order valence-electron chi connectivity index (χ3n) is 4.43. The Kier molecular flexibility index (Phi) is 2.97. The van der Waals surface area contributed by atoms with Gasteiger partial charge in [0.25, 0.3) is 5.69 Å². The van der Waals surface area contributed by atoms with E-state index in [1.165, 1.54) is 25.3 Å². The fourth-order valence-corrected chi connectivity index (χ4v) is 3.52. The largest absolute Gasteiger partial charge is 0.376 e. The van der Waals surface area contributed by atoms with Crippen LogP contribution in [0.4, 0.5) is 11.4 Å². The molecule has 100 valence electrons. The SMILES string of the molecule is O=Cc1ccc(NC2CC3CCC2C3)c([N+](=O)[O-])c1. The Morgan fingerprint density at radius 3 is 2.74 bits per heavy atom. The number of carbonyl (C=O) groups is 1. The van der Waals surface area contributed by atoms with Crippen LogP contribution in [0.5, 0.6) is 0 Å². The zero-order valence-electron chi connectivity index (χ0n) is 10.5. The number of benzene rings is 1. The number of nitrogens with zero attached hydrogens (tertiary/aromatic N) is 1. The van der Waals surface area contributed by atoms with Gasteiger partial charge in [0.15, 0.2) is 0 Å². The van der Waals surface area contributed by atoms with E-state index in [1.54, 1.807) is 12.1 Å². The van der Waals surface area contributed by atoms with Crippen molar-refractivity contribution in [2.75, 3.05) is 5.32 Å². The van der Waals surface area contributed by atoms with E-state index in [2.05, 4.69) is 5.32 Å². The first-order valence-electron chi connectivity index (χ1n) is 6.67. The third kappa shape index (κ3) is 2.20. The highest BCUT2D eigenvalue weighted by Gasteiger charge is 2.39. The Balaban J connectivity index is 1.84. The fraction of sp³-hybridized carbons (Fsp3) is 0.500. The van der Waals surface area contributed by atoms with E-state index in [0.29, 0.717) is 29.5 Å². The van der Waals surface area contributed by atoms with Gasteiger partial charge < -0.3 is 5.32 Å². The van der Waals surface area contributed by atoms with Crippen molar-refractivity contribution in [3.63, 3.8) is 0 Å². The lowest BCUT2D eigenvalue weighted by Crippen LogP contribution is -2.26. The van der Waals surface area contributed by atoms with Gasteiger partial charge in [0, 0.05) is 17.7 Å². The number of nitrogens with one attached hydrogen (secondary N) is 1. The summed E-state index contributed by atoms with van der Waals surface area (Å²) in [5.41, 5.74) is 0.866. The molecule has 2 saturated carbocycles. The lowest BCUT2D eigenvalue weighted by molar-refractivity contribution is -0.384. The lowest BCUT2D eigenvalue weighted by atomic mass is 9.95. The van der Waals surface area contributed by atoms with Gasteiger partial charge in [-0.15, -0.1) is 0 Å². The molecule has 0 aromatic heterocycles. The van der Waals surface area contributed by atoms with Crippen molar-refractivity contribution in [1.82, 2.24) is 0 Å². The Morgan fingerprint density at radius 1 is 1.32 bits per heavy atom. The number of hydrogen-bond acceptors (Lipinski definition) is 4. The van der Waals surface area contributed by atoms with Crippen molar-refractivity contribution in [2.45, 2.75) is 31.7 Å². The number of aldehydes is 1. The van der Waals surface area contributed by atoms with Crippen LogP contribution in [-0.2, 0) is 0 Å². The van der Waals surface area contributed by atoms with Gasteiger partial charge in [0.1, 0.15) is 12.0 Å². The van der Waals surface area contributed by atoms with Gasteiger partial charge in [-0.1, -0.05) is 6.42 Å². The molecule has 5 heteroatoms. The van der Waals surface area contributed by atoms with Gasteiger partial charge in [-0.2, -0.15) is 0 Å². The van der Waals surface area contributed by atoms with Crippen molar-refractivity contribution in [1.29, 1.82) is 0 Å². The molecule has 0 saturated heterocycles. The number of nitro benzene ring substituents is 1. The van der Waals surface area contributed by atoms with Gasteiger partial charge in [-0.3, -0.25) is 14.9 Å². The molecule has 0 heterocycles. The zero-order chi connectivity index (χ0) is 13.4. The molecule has 2 aliphatic rings. The molecular weight excluding hydrogens is 244 g/mol. The first-order valence-corrected chi connectivity index (χ1v) is 6.67. The second-order valence-corrected chi connectivity index (χ2v) is 5.58. The van der Waals surface area contributed by atoms with Crippen LogP contribution in [0.1, 0.15) is 36.0 Å². The molecule has 3 unspecified atom stereocenters. The number of fused-ring (bicyclic) bond motifs is 2. The number of anilines is 1. The summed E-state index contributed by atoms with van der Waals surface area (Å²) in [5, 5.41) is 14.4. The first-order chi connectivity index (χ1) is 9.17. The van der Waals surface area contributed by atoms with Crippen molar-refractivity contribution in [2.24, 2.45) is 11.8 Å². The van der Waals surface area contributed by atoms with Crippen molar-refractivity contribution >= 4 is 17.7 Å². The molecule has 1 aromatic rings. The average molecular weight is 260 g/mol. The molecule has 0 radical (unpaired) electrons. The molecule has 5 nitrogen and oxygen atoms in total. The summed E-state index contributed by atoms with van der Waals surface area (Å²) in [6.45, 7) is 0. The monoisotopic (exact) mass is 260 g/mol. The first kappa shape index (κ1) is 12.1. The maximum Gasteiger partial charge on any atom is 0.293 e. The van der Waals surface area contributed by atoms with E-state index in [1.807, 2.05) is 0 Å². The van der Waals surface area contributed by atoms with Gasteiger partial charge in [0.2, 0.25) is 0 Å². The van der Waals surface area contributed by atoms with Crippen molar-refractivity contribution in [3.8, 4) is 0 Å². The Labute approximate surface area is 111 Å². The second kappa shape index (κ2) is 4.64. The highest BCUT2D eigenvalue weighted by molar-refractivity contribution is 5.79. The molecule has 0 amide bonds. The Morgan fingerprint density at radius 2 is 2.16 bits per heavy atom. The van der Waals surface area contributed by atoms with Crippen LogP contribution < -0.4 is 5.32 Å². The molecule has 19 heavy (non-hydrogen) atoms. The van der Waals surface area contributed by atoms with Crippen LogP contribution in [0.15, 0.2) is 18.2 Å². The lowest BCUT2D eigenvalue weighted by Gasteiger charge is -2.23. The molecule has 1 N–H and O–H groups in total. The summed E-state index contributed by atoms with van der Waals surface area (Å²) >= 11 is 0. The summed E-state index contributed by atoms with van der Waals surface area (Å²) in [6.07, 6.45) is 5.51. The number of hydrogen-bond donors (Lipinski definition) is 1. The molecule has 2 fully saturated rings. The van der Waals surface area contributed by atoms with E-state index >= 15 is 0 Å². The van der Waals surface area contributed by atoms with Crippen LogP contribution >= 0.6 is 0 Å². The van der Waals surface area contributed by atoms with Crippen LogP contribution in [0.2, 0.25) is 0 Å². The van der Waals surface area contributed by atoms with Crippen LogP contribution in [0, 0.1) is 22.0 Å². The smallest absolute Gasteiger partial charge is 0.293 e. The topological polar surface area (TPSA) is 72.2 Å². The molecular formula is C14H16N2O3. The maximum atomic E-state index is 11.1. The molecule has 3 atom stereocenters. The quantitative estimate of drug-likeness (QED) is 0.513. The van der Waals surface area contributed by atoms with Crippen LogP contribution in [0.3, 0.4) is 0 Å². The van der Waals surface area contributed by atoms with Crippen LogP contribution in [0.25, 0.3) is 0 Å². The Bertz CT molecular complexity index is 529. The maximum absolute atomic E-state index is 11.1. The molecule has 0 aliphatic heterocycles. The minimum atomic E-state index is -0.428. The van der Waals surface area contributed by atoms with Crippen molar-refractivity contribution < 1.29 is 9.72 Å². The number of rotatable bonds is 4. The zero-order valence-corrected chi connectivity index (χ0v) is 10.5. The minimum absolute atomic E-state index is 0.00706. The van der Waals surface area contributed by atoms with Crippen molar-refractivity contribution in [3.05, 3.63) is 33.9 Å². The summed E-state index contributed by atoms with van der Waals surface area (Å²) < 4.78 is 0. The molecule has 2 aliphatic carbocycles. The van der Waals surface area contributed by atoms with E-state index in [9.17, 15) is 14.9 Å². The molecule has 3 rings (SSSR count). The van der Waals surface area contributed by atoms with E-state index in [0.717, 1.165) is 12.3 Å². The summed E-state index contributed by atoms with van der Waals surface area (Å²) in [5.74, 6) is 1.44. The van der Waals surface area contributed by atoms with Gasteiger partial charge in [-0.05, 0) is 43.2 Å². The molecule has 2 bridgehead atoms. The summed E-state index contributed by atoms with van der Waals surface area (Å²) in [4.78, 5) is 21.3. The molecule has 1 aromatic carbocycles. The van der Waals surface area contributed by atoms with Gasteiger partial charge >= 0.3 is 0 Å². The van der Waals surface area contributed by atoms with E-state index < -0.39 is 4.92 Å². The normalized spacial score (nSPS) is 28.3. The van der Waals surface area contributed by atoms with Gasteiger partial charge in [-0.25, -0.2) is 0 Å². The second-order valence-electron chi connectivity index (χ2n) is 5.58. The Hall–Kier alpha value is -1.91. The number of nitro groups is 1. The van der Waals surface area contributed by atoms with E-state index in [-0.39, 0.29) is 5.69 Å². The summed E-state index contributed by atoms with van der Waals surface area (Å²) in [6, 6.07) is 4.95. The highest BCUT2D eigenvalue weighted by Crippen LogP contribution is 2.46. The number of carbonyl (C=O) groups excluding carboxylic acids is 1. The standard InChI is InChI=1S/C14H16N2O3/c17-8-10-2-4-12(14(7-10)16(18)19)15-13-6-9-1-3-11(13)5-9/h2,4,7-9,11,13,15H,1,3,5-6H2. The fourth-order valence-electron chi connectivity index (χ4n) is 3.52.